The number of unbranched alkanes of at least 4 members (excludes halogenated alkanes) is 3. The molecule has 2 aliphatic rings. The van der Waals surface area contributed by atoms with Crippen molar-refractivity contribution in [3.05, 3.63) is 0 Å². The summed E-state index contributed by atoms with van der Waals surface area (Å²) in [5.74, 6) is 0. The molecule has 112 valence electrons. The van der Waals surface area contributed by atoms with Crippen LogP contribution in [0, 0.1) is 0 Å². The van der Waals surface area contributed by atoms with Gasteiger partial charge in [0.1, 0.15) is 0 Å². The van der Waals surface area contributed by atoms with Gasteiger partial charge in [-0.25, -0.2) is 0 Å². The van der Waals surface area contributed by atoms with Gasteiger partial charge in [-0.1, -0.05) is 12.8 Å². The summed E-state index contributed by atoms with van der Waals surface area (Å²) in [5, 5.41) is 3.60. The van der Waals surface area contributed by atoms with Gasteiger partial charge in [0.15, 0.2) is 0 Å². The van der Waals surface area contributed by atoms with Crippen LogP contribution in [0.4, 0.5) is 0 Å². The molecule has 3 nitrogen and oxygen atoms in total. The third-order valence-electron chi connectivity index (χ3n) is 4.57. The quantitative estimate of drug-likeness (QED) is 0.681. The monoisotopic (exact) mass is 267 g/mol. The van der Waals surface area contributed by atoms with Gasteiger partial charge in [0.25, 0.3) is 0 Å². The van der Waals surface area contributed by atoms with E-state index in [0.717, 1.165) is 12.1 Å². The number of nitrogens with zero attached hydrogens (tertiary/aromatic N) is 2. The molecule has 3 heteroatoms. The van der Waals surface area contributed by atoms with Crippen LogP contribution in [0.3, 0.4) is 0 Å². The van der Waals surface area contributed by atoms with E-state index in [1.165, 1.54) is 77.7 Å². The molecule has 1 N–H and O–H groups in total. The smallest absolute Gasteiger partial charge is 0.0194 e. The van der Waals surface area contributed by atoms with E-state index in [1.54, 1.807) is 0 Å². The fraction of sp³-hybridized carbons (Fsp3) is 1.00. The Morgan fingerprint density at radius 3 is 2.63 bits per heavy atom. The lowest BCUT2D eigenvalue weighted by molar-refractivity contribution is 0.198. The number of hydrogen-bond acceptors (Lipinski definition) is 3. The summed E-state index contributed by atoms with van der Waals surface area (Å²) in [6.07, 6.45) is 9.74. The SMILES string of the molecule is CC1CN(C)CCCN1CCCCCCNC1CC1. The fourth-order valence-corrected chi connectivity index (χ4v) is 3.14. The standard InChI is InChI=1S/C16H33N3/c1-15-14-18(2)11-7-13-19(15)12-6-4-3-5-10-17-16-8-9-16/h15-17H,3-14H2,1-2H3. The molecule has 2 fully saturated rings. The minimum Gasteiger partial charge on any atom is -0.314 e. The Hall–Kier alpha value is -0.120. The largest absolute Gasteiger partial charge is 0.314 e. The van der Waals surface area contributed by atoms with Crippen LogP contribution in [0.25, 0.3) is 0 Å². The molecule has 0 spiro atoms. The molecule has 0 aromatic heterocycles. The van der Waals surface area contributed by atoms with E-state index >= 15 is 0 Å². The maximum absolute atomic E-state index is 3.60. The van der Waals surface area contributed by atoms with Crippen molar-refractivity contribution in [1.82, 2.24) is 15.1 Å². The summed E-state index contributed by atoms with van der Waals surface area (Å²) in [7, 11) is 2.26. The number of nitrogens with one attached hydrogen (secondary N) is 1. The molecule has 1 aliphatic heterocycles. The van der Waals surface area contributed by atoms with Crippen molar-refractivity contribution in [2.75, 3.05) is 39.8 Å². The zero-order valence-electron chi connectivity index (χ0n) is 13.0. The Bertz CT molecular complexity index is 240. The maximum atomic E-state index is 3.60. The number of hydrogen-bond donors (Lipinski definition) is 1. The first-order valence-electron chi connectivity index (χ1n) is 8.41. The molecule has 1 saturated heterocycles. The Kier molecular flexibility index (Phi) is 6.62. The van der Waals surface area contributed by atoms with Crippen molar-refractivity contribution in [3.63, 3.8) is 0 Å². The molecule has 0 aromatic carbocycles. The summed E-state index contributed by atoms with van der Waals surface area (Å²) >= 11 is 0. The van der Waals surface area contributed by atoms with Gasteiger partial charge in [-0.3, -0.25) is 4.90 Å². The lowest BCUT2D eigenvalue weighted by Crippen LogP contribution is -2.38. The highest BCUT2D eigenvalue weighted by atomic mass is 15.2. The summed E-state index contributed by atoms with van der Waals surface area (Å²) < 4.78 is 0. The van der Waals surface area contributed by atoms with Crippen LogP contribution in [0.5, 0.6) is 0 Å². The Labute approximate surface area is 119 Å². The van der Waals surface area contributed by atoms with Gasteiger partial charge in [-0.05, 0) is 72.3 Å². The van der Waals surface area contributed by atoms with Gasteiger partial charge in [0, 0.05) is 18.6 Å². The minimum absolute atomic E-state index is 0.740. The molecule has 1 heterocycles. The predicted octanol–water partition coefficient (Wildman–Crippen LogP) is 2.32. The summed E-state index contributed by atoms with van der Waals surface area (Å²) in [5.41, 5.74) is 0. The Morgan fingerprint density at radius 2 is 1.84 bits per heavy atom. The summed E-state index contributed by atoms with van der Waals surface area (Å²) in [6, 6.07) is 1.62. The highest BCUT2D eigenvalue weighted by molar-refractivity contribution is 4.80. The highest BCUT2D eigenvalue weighted by Gasteiger charge is 2.20. The Balaban J connectivity index is 1.46. The maximum Gasteiger partial charge on any atom is 0.0194 e. The van der Waals surface area contributed by atoms with Crippen molar-refractivity contribution in [3.8, 4) is 0 Å². The number of rotatable bonds is 8. The second-order valence-corrected chi connectivity index (χ2v) is 6.64. The van der Waals surface area contributed by atoms with E-state index < -0.39 is 0 Å². The first-order chi connectivity index (χ1) is 9.25. The first kappa shape index (κ1) is 15.3. The lowest BCUT2D eigenvalue weighted by atomic mass is 10.1. The topological polar surface area (TPSA) is 18.5 Å². The zero-order chi connectivity index (χ0) is 13.5. The van der Waals surface area contributed by atoms with E-state index in [9.17, 15) is 0 Å². The molecule has 1 aliphatic carbocycles. The molecule has 0 amide bonds. The Morgan fingerprint density at radius 1 is 1.05 bits per heavy atom. The van der Waals surface area contributed by atoms with Gasteiger partial charge >= 0.3 is 0 Å². The number of likely N-dealkylation sites (N-methyl/N-ethyl adjacent to an activating group) is 1. The van der Waals surface area contributed by atoms with E-state index in [4.69, 9.17) is 0 Å². The molecular weight excluding hydrogens is 234 g/mol. The van der Waals surface area contributed by atoms with Crippen LogP contribution < -0.4 is 5.32 Å². The first-order valence-corrected chi connectivity index (χ1v) is 8.41. The molecule has 0 bridgehead atoms. The predicted molar refractivity (Wildman–Crippen MR) is 82.6 cm³/mol. The van der Waals surface area contributed by atoms with Crippen molar-refractivity contribution in [2.45, 2.75) is 64.0 Å². The fourth-order valence-electron chi connectivity index (χ4n) is 3.14. The van der Waals surface area contributed by atoms with Crippen LogP contribution in [0.15, 0.2) is 0 Å². The molecule has 19 heavy (non-hydrogen) atoms. The van der Waals surface area contributed by atoms with Crippen LogP contribution >= 0.6 is 0 Å². The zero-order valence-corrected chi connectivity index (χ0v) is 13.0. The molecule has 1 atom stereocenters. The van der Waals surface area contributed by atoms with E-state index in [-0.39, 0.29) is 0 Å². The van der Waals surface area contributed by atoms with Gasteiger partial charge in [0.05, 0.1) is 0 Å². The van der Waals surface area contributed by atoms with Crippen LogP contribution in [0.2, 0.25) is 0 Å². The second kappa shape index (κ2) is 8.23. The molecule has 2 rings (SSSR count). The lowest BCUT2D eigenvalue weighted by Gasteiger charge is -2.27. The summed E-state index contributed by atoms with van der Waals surface area (Å²) in [4.78, 5) is 5.18. The minimum atomic E-state index is 0.740. The van der Waals surface area contributed by atoms with Crippen LogP contribution in [-0.2, 0) is 0 Å². The average Bonchev–Trinajstić information content (AvgIpc) is 3.19. The van der Waals surface area contributed by atoms with Crippen molar-refractivity contribution >= 4 is 0 Å². The van der Waals surface area contributed by atoms with Crippen LogP contribution in [-0.4, -0.2) is 61.7 Å². The van der Waals surface area contributed by atoms with E-state index in [2.05, 4.69) is 29.1 Å². The molecule has 0 radical (unpaired) electrons. The van der Waals surface area contributed by atoms with Crippen LogP contribution in [0.1, 0.15) is 51.9 Å². The van der Waals surface area contributed by atoms with E-state index in [1.807, 2.05) is 0 Å². The molecular formula is C16H33N3. The molecule has 0 aromatic rings. The molecule has 1 saturated carbocycles. The normalized spacial score (nSPS) is 26.5. The van der Waals surface area contributed by atoms with Gasteiger partial charge in [-0.2, -0.15) is 0 Å². The van der Waals surface area contributed by atoms with Gasteiger partial charge < -0.3 is 10.2 Å². The van der Waals surface area contributed by atoms with Crippen molar-refractivity contribution in [2.24, 2.45) is 0 Å². The summed E-state index contributed by atoms with van der Waals surface area (Å²) in [6.45, 7) is 8.76. The third kappa shape index (κ3) is 6.24. The molecule has 1 unspecified atom stereocenters. The van der Waals surface area contributed by atoms with E-state index in [0.29, 0.717) is 0 Å². The average molecular weight is 267 g/mol. The van der Waals surface area contributed by atoms with Gasteiger partial charge in [0.2, 0.25) is 0 Å². The van der Waals surface area contributed by atoms with Crippen molar-refractivity contribution in [1.29, 1.82) is 0 Å². The van der Waals surface area contributed by atoms with Crippen molar-refractivity contribution < 1.29 is 0 Å². The van der Waals surface area contributed by atoms with Gasteiger partial charge in [-0.15, -0.1) is 0 Å². The second-order valence-electron chi connectivity index (χ2n) is 6.64. The highest BCUT2D eigenvalue weighted by Crippen LogP contribution is 2.18. The third-order valence-corrected chi connectivity index (χ3v) is 4.57.